The molecule has 1 fully saturated rings. The lowest BCUT2D eigenvalue weighted by atomic mass is 9.86. The van der Waals surface area contributed by atoms with E-state index in [4.69, 9.17) is 5.11 Å². The lowest BCUT2D eigenvalue weighted by Crippen LogP contribution is -2.42. The molecule has 0 aliphatic heterocycles. The van der Waals surface area contributed by atoms with Gasteiger partial charge in [0.05, 0.1) is 5.92 Å². The van der Waals surface area contributed by atoms with E-state index in [-0.39, 0.29) is 11.9 Å². The van der Waals surface area contributed by atoms with Crippen LogP contribution in [0.15, 0.2) is 18.2 Å². The lowest BCUT2D eigenvalue weighted by molar-refractivity contribution is -0.143. The number of carbonyl (C=O) groups excluding carboxylic acids is 1. The largest absolute Gasteiger partial charge is 0.481 e. The van der Waals surface area contributed by atoms with Crippen molar-refractivity contribution in [1.82, 2.24) is 5.32 Å². The Morgan fingerprint density at radius 3 is 2.76 bits per heavy atom. The molecule has 2 rings (SSSR count). The zero-order valence-electron chi connectivity index (χ0n) is 11.9. The number of urea groups is 1. The quantitative estimate of drug-likeness (QED) is 0.802. The van der Waals surface area contributed by atoms with Gasteiger partial charge in [0.1, 0.15) is 5.82 Å². The molecule has 0 saturated heterocycles. The highest BCUT2D eigenvalue weighted by Gasteiger charge is 2.27. The first kappa shape index (κ1) is 15.3. The molecule has 2 unspecified atom stereocenters. The van der Waals surface area contributed by atoms with E-state index in [1.54, 1.807) is 19.1 Å². The number of rotatable bonds is 3. The van der Waals surface area contributed by atoms with Crippen LogP contribution < -0.4 is 10.6 Å². The standard InChI is InChI=1S/C15H19FN2O3/c1-9-5-6-12(8-13(9)16)18-15(21)17-11-4-2-3-10(7-11)14(19)20/h5-6,8,10-11H,2-4,7H2,1H3,(H,19,20)(H2,17,18,21). The van der Waals surface area contributed by atoms with Crippen molar-refractivity contribution >= 4 is 17.7 Å². The van der Waals surface area contributed by atoms with Crippen LogP contribution in [0.5, 0.6) is 0 Å². The predicted molar refractivity (Wildman–Crippen MR) is 76.7 cm³/mol. The van der Waals surface area contributed by atoms with E-state index < -0.39 is 17.9 Å². The monoisotopic (exact) mass is 294 g/mol. The van der Waals surface area contributed by atoms with E-state index in [0.29, 0.717) is 24.1 Å². The molecule has 2 atom stereocenters. The maximum absolute atomic E-state index is 13.4. The highest BCUT2D eigenvalue weighted by Crippen LogP contribution is 2.24. The Balaban J connectivity index is 1.89. The van der Waals surface area contributed by atoms with Crippen molar-refractivity contribution in [2.45, 2.75) is 38.6 Å². The summed E-state index contributed by atoms with van der Waals surface area (Å²) in [7, 11) is 0. The summed E-state index contributed by atoms with van der Waals surface area (Å²) in [5.74, 6) is -1.60. The van der Waals surface area contributed by atoms with E-state index in [2.05, 4.69) is 10.6 Å². The maximum atomic E-state index is 13.4. The zero-order valence-corrected chi connectivity index (χ0v) is 11.9. The van der Waals surface area contributed by atoms with Gasteiger partial charge in [0.25, 0.3) is 0 Å². The van der Waals surface area contributed by atoms with Crippen LogP contribution in [0.4, 0.5) is 14.9 Å². The third-order valence-electron chi connectivity index (χ3n) is 3.79. The summed E-state index contributed by atoms with van der Waals surface area (Å²) in [6.07, 6.45) is 2.63. The number of aliphatic carboxylic acids is 1. The zero-order chi connectivity index (χ0) is 15.4. The highest BCUT2D eigenvalue weighted by molar-refractivity contribution is 5.89. The van der Waals surface area contributed by atoms with Crippen molar-refractivity contribution in [3.63, 3.8) is 0 Å². The van der Waals surface area contributed by atoms with Crippen LogP contribution in [0, 0.1) is 18.7 Å². The van der Waals surface area contributed by atoms with Crippen LogP contribution >= 0.6 is 0 Å². The topological polar surface area (TPSA) is 78.4 Å². The molecule has 6 heteroatoms. The fourth-order valence-electron chi connectivity index (χ4n) is 2.57. The predicted octanol–water partition coefficient (Wildman–Crippen LogP) is 2.90. The second kappa shape index (κ2) is 6.56. The second-order valence-corrected chi connectivity index (χ2v) is 5.46. The smallest absolute Gasteiger partial charge is 0.319 e. The summed E-state index contributed by atoms with van der Waals surface area (Å²) in [4.78, 5) is 22.8. The first-order valence-corrected chi connectivity index (χ1v) is 7.02. The Kier molecular flexibility index (Phi) is 4.77. The minimum Gasteiger partial charge on any atom is -0.481 e. The van der Waals surface area contributed by atoms with Crippen LogP contribution in [0.2, 0.25) is 0 Å². The molecular weight excluding hydrogens is 275 g/mol. The molecule has 114 valence electrons. The third-order valence-corrected chi connectivity index (χ3v) is 3.79. The molecule has 0 bridgehead atoms. The van der Waals surface area contributed by atoms with Crippen LogP contribution in [-0.4, -0.2) is 23.1 Å². The number of aryl methyl sites for hydroxylation is 1. The van der Waals surface area contributed by atoms with Gasteiger partial charge < -0.3 is 15.7 Å². The fourth-order valence-corrected chi connectivity index (χ4v) is 2.57. The van der Waals surface area contributed by atoms with Crippen LogP contribution in [0.25, 0.3) is 0 Å². The third kappa shape index (κ3) is 4.18. The van der Waals surface area contributed by atoms with E-state index >= 15 is 0 Å². The van der Waals surface area contributed by atoms with E-state index in [1.165, 1.54) is 6.07 Å². The molecule has 0 radical (unpaired) electrons. The number of halogens is 1. The lowest BCUT2D eigenvalue weighted by Gasteiger charge is -2.27. The summed E-state index contributed by atoms with van der Waals surface area (Å²) in [5.41, 5.74) is 0.888. The molecule has 21 heavy (non-hydrogen) atoms. The summed E-state index contributed by atoms with van der Waals surface area (Å²) in [6, 6.07) is 3.88. The van der Waals surface area contributed by atoms with Gasteiger partial charge >= 0.3 is 12.0 Å². The normalized spacial score (nSPS) is 21.6. The van der Waals surface area contributed by atoms with Crippen molar-refractivity contribution in [3.8, 4) is 0 Å². The van der Waals surface area contributed by atoms with Gasteiger partial charge in [-0.25, -0.2) is 9.18 Å². The summed E-state index contributed by atoms with van der Waals surface area (Å²) >= 11 is 0. The van der Waals surface area contributed by atoms with Crippen LogP contribution in [-0.2, 0) is 4.79 Å². The number of hydrogen-bond acceptors (Lipinski definition) is 2. The molecule has 1 aromatic carbocycles. The molecule has 2 amide bonds. The number of amides is 2. The number of carboxylic acids is 1. The van der Waals surface area contributed by atoms with Crippen molar-refractivity contribution in [3.05, 3.63) is 29.6 Å². The van der Waals surface area contributed by atoms with Crippen LogP contribution in [0.3, 0.4) is 0 Å². The first-order valence-electron chi connectivity index (χ1n) is 7.02. The number of carboxylic acid groups (broad SMARTS) is 1. The maximum Gasteiger partial charge on any atom is 0.319 e. The first-order chi connectivity index (χ1) is 9.95. The Morgan fingerprint density at radius 1 is 1.33 bits per heavy atom. The van der Waals surface area contributed by atoms with E-state index in [9.17, 15) is 14.0 Å². The average Bonchev–Trinajstić information content (AvgIpc) is 2.43. The van der Waals surface area contributed by atoms with Crippen molar-refractivity contribution in [2.24, 2.45) is 5.92 Å². The molecule has 1 aliphatic rings. The second-order valence-electron chi connectivity index (χ2n) is 5.46. The summed E-state index contributed by atoms with van der Waals surface area (Å²) in [5, 5.41) is 14.3. The number of benzene rings is 1. The van der Waals surface area contributed by atoms with Gasteiger partial charge in [-0.05, 0) is 43.9 Å². The van der Waals surface area contributed by atoms with Gasteiger partial charge in [0.2, 0.25) is 0 Å². The Labute approximate surface area is 122 Å². The summed E-state index contributed by atoms with van der Waals surface area (Å²) in [6.45, 7) is 1.65. The molecule has 5 nitrogen and oxygen atoms in total. The van der Waals surface area contributed by atoms with Gasteiger partial charge in [0, 0.05) is 11.7 Å². The molecule has 0 heterocycles. The van der Waals surface area contributed by atoms with Gasteiger partial charge in [0.15, 0.2) is 0 Å². The number of carbonyl (C=O) groups is 2. The fraction of sp³-hybridized carbons (Fsp3) is 0.467. The number of nitrogens with one attached hydrogen (secondary N) is 2. The molecule has 1 aliphatic carbocycles. The SMILES string of the molecule is Cc1ccc(NC(=O)NC2CCCC(C(=O)O)C2)cc1F. The van der Waals surface area contributed by atoms with Crippen molar-refractivity contribution in [2.75, 3.05) is 5.32 Å². The molecule has 1 saturated carbocycles. The Morgan fingerprint density at radius 2 is 2.10 bits per heavy atom. The molecule has 0 aromatic heterocycles. The molecule has 1 aromatic rings. The summed E-state index contributed by atoms with van der Waals surface area (Å²) < 4.78 is 13.4. The van der Waals surface area contributed by atoms with E-state index in [1.807, 2.05) is 0 Å². The van der Waals surface area contributed by atoms with Gasteiger partial charge in [-0.1, -0.05) is 12.5 Å². The molecule has 0 spiro atoms. The minimum atomic E-state index is -0.817. The highest BCUT2D eigenvalue weighted by atomic mass is 19.1. The van der Waals surface area contributed by atoms with Gasteiger partial charge in [-0.15, -0.1) is 0 Å². The van der Waals surface area contributed by atoms with Crippen LogP contribution in [0.1, 0.15) is 31.2 Å². The van der Waals surface area contributed by atoms with Gasteiger partial charge in [-0.2, -0.15) is 0 Å². The van der Waals surface area contributed by atoms with E-state index in [0.717, 1.165) is 12.8 Å². The Bertz CT molecular complexity index is 548. The average molecular weight is 294 g/mol. The van der Waals surface area contributed by atoms with Gasteiger partial charge in [-0.3, -0.25) is 4.79 Å². The van der Waals surface area contributed by atoms with Crippen molar-refractivity contribution < 1.29 is 19.1 Å². The number of anilines is 1. The van der Waals surface area contributed by atoms with Crippen molar-refractivity contribution in [1.29, 1.82) is 0 Å². The number of hydrogen-bond donors (Lipinski definition) is 3. The molecular formula is C15H19FN2O3. The minimum absolute atomic E-state index is 0.157. The molecule has 3 N–H and O–H groups in total. The Hall–Kier alpha value is -2.11.